The van der Waals surface area contributed by atoms with Gasteiger partial charge >= 0.3 is 6.18 Å². The van der Waals surface area contributed by atoms with E-state index in [1.54, 1.807) is 24.4 Å². The lowest BCUT2D eigenvalue weighted by atomic mass is 9.99. The Morgan fingerprint density at radius 3 is 2.56 bits per heavy atom. The molecule has 2 aromatic heterocycles. The van der Waals surface area contributed by atoms with Crippen LogP contribution in [0.25, 0.3) is 16.8 Å². The highest BCUT2D eigenvalue weighted by Crippen LogP contribution is 2.41. The molecule has 2 aliphatic rings. The highest BCUT2D eigenvalue weighted by atomic mass is 35.5. The minimum atomic E-state index is -4.57. The van der Waals surface area contributed by atoms with Crippen LogP contribution in [0, 0.1) is 5.92 Å². The number of hydrogen-bond acceptors (Lipinski definition) is 4. The van der Waals surface area contributed by atoms with Gasteiger partial charge in [-0.25, -0.2) is 0 Å². The number of alkyl halides is 3. The molecule has 3 aromatic rings. The number of nitrogens with zero attached hydrogens (tertiary/aromatic N) is 3. The molecule has 5 rings (SSSR count). The van der Waals surface area contributed by atoms with E-state index < -0.39 is 11.7 Å². The molecule has 1 saturated carbocycles. The molecule has 1 aromatic carbocycles. The zero-order valence-electron chi connectivity index (χ0n) is 17.5. The van der Waals surface area contributed by atoms with Crippen molar-refractivity contribution in [2.75, 3.05) is 13.2 Å². The Morgan fingerprint density at radius 2 is 1.88 bits per heavy atom. The molecule has 0 spiro atoms. The van der Waals surface area contributed by atoms with E-state index in [2.05, 4.69) is 15.5 Å². The van der Waals surface area contributed by atoms with Crippen molar-refractivity contribution in [2.24, 2.45) is 5.92 Å². The number of benzene rings is 1. The maximum atomic E-state index is 14.1. The van der Waals surface area contributed by atoms with E-state index in [1.165, 1.54) is 10.5 Å². The fourth-order valence-electron chi connectivity index (χ4n) is 4.26. The van der Waals surface area contributed by atoms with Crippen molar-refractivity contribution in [3.8, 4) is 11.1 Å². The van der Waals surface area contributed by atoms with Crippen molar-refractivity contribution < 1.29 is 17.9 Å². The van der Waals surface area contributed by atoms with Gasteiger partial charge in [0.1, 0.15) is 11.4 Å². The highest BCUT2D eigenvalue weighted by Gasteiger charge is 2.38. The van der Waals surface area contributed by atoms with Crippen molar-refractivity contribution in [1.82, 2.24) is 19.9 Å². The second-order valence-corrected chi connectivity index (χ2v) is 9.04. The molecule has 0 amide bonds. The van der Waals surface area contributed by atoms with Crippen molar-refractivity contribution in [3.63, 3.8) is 0 Å². The predicted molar refractivity (Wildman–Crippen MR) is 116 cm³/mol. The van der Waals surface area contributed by atoms with Crippen LogP contribution in [-0.4, -0.2) is 33.9 Å². The van der Waals surface area contributed by atoms with Gasteiger partial charge in [-0.05, 0) is 60.4 Å². The summed E-state index contributed by atoms with van der Waals surface area (Å²) in [7, 11) is 0. The van der Waals surface area contributed by atoms with Crippen molar-refractivity contribution in [2.45, 2.75) is 50.9 Å². The van der Waals surface area contributed by atoms with E-state index in [9.17, 15) is 13.2 Å². The summed E-state index contributed by atoms with van der Waals surface area (Å²) in [6.45, 7) is 2.03. The first-order valence-corrected chi connectivity index (χ1v) is 11.3. The number of rotatable bonds is 6. The van der Waals surface area contributed by atoms with Gasteiger partial charge in [0.25, 0.3) is 0 Å². The number of aromatic nitrogens is 3. The first-order valence-electron chi connectivity index (χ1n) is 10.9. The van der Waals surface area contributed by atoms with Crippen LogP contribution >= 0.6 is 11.6 Å². The third-order valence-electron chi connectivity index (χ3n) is 6.27. The molecule has 0 radical (unpaired) electrons. The quantitative estimate of drug-likeness (QED) is 0.538. The van der Waals surface area contributed by atoms with Crippen LogP contribution in [0.1, 0.15) is 42.6 Å². The Hall–Kier alpha value is -2.16. The summed E-state index contributed by atoms with van der Waals surface area (Å²) in [6, 6.07) is 6.93. The Balaban J connectivity index is 1.46. The van der Waals surface area contributed by atoms with E-state index in [0.717, 1.165) is 44.5 Å². The Labute approximate surface area is 188 Å². The fourth-order valence-corrected chi connectivity index (χ4v) is 4.50. The Kier molecular flexibility index (Phi) is 5.86. The van der Waals surface area contributed by atoms with Crippen molar-refractivity contribution >= 4 is 17.2 Å². The lowest BCUT2D eigenvalue weighted by Crippen LogP contribution is -2.34. The number of fused-ring (bicyclic) bond motifs is 1. The number of pyridine rings is 1. The average Bonchev–Trinajstić information content (AvgIpc) is 3.50. The molecule has 0 atom stereocenters. The number of hydrogen-bond donors (Lipinski definition) is 1. The molecule has 0 unspecified atom stereocenters. The zero-order valence-corrected chi connectivity index (χ0v) is 18.2. The molecule has 1 aliphatic carbocycles. The van der Waals surface area contributed by atoms with Crippen LogP contribution in [0.2, 0.25) is 5.02 Å². The topological polar surface area (TPSA) is 51.5 Å². The van der Waals surface area contributed by atoms with Gasteiger partial charge in [0, 0.05) is 43.4 Å². The summed E-state index contributed by atoms with van der Waals surface area (Å²) in [6.07, 6.45) is 1.76. The number of halogens is 4. The predicted octanol–water partition coefficient (Wildman–Crippen LogP) is 5.29. The molecule has 1 aliphatic heterocycles. The zero-order chi connectivity index (χ0) is 22.3. The molecule has 2 fully saturated rings. The summed E-state index contributed by atoms with van der Waals surface area (Å²) in [4.78, 5) is 0. The van der Waals surface area contributed by atoms with Crippen LogP contribution in [0.4, 0.5) is 13.2 Å². The van der Waals surface area contributed by atoms with Crippen molar-refractivity contribution in [3.05, 3.63) is 52.4 Å². The van der Waals surface area contributed by atoms with Gasteiger partial charge in [0.2, 0.25) is 0 Å². The van der Waals surface area contributed by atoms with Crippen molar-refractivity contribution in [1.29, 1.82) is 0 Å². The standard InChI is InChI=1S/C23H24ClF3N4O/c24-19-12-15(3-4-16(19)13-28-17-6-9-32-10-7-17)18-5-8-31-20(11-14-1-2-14)29-30-22(31)21(18)23(25,26)27/h3-5,8,12,14,17,28H,1-2,6-7,9-11,13H2. The maximum absolute atomic E-state index is 14.1. The Morgan fingerprint density at radius 1 is 1.09 bits per heavy atom. The molecular formula is C23H24ClF3N4O. The summed E-state index contributed by atoms with van der Waals surface area (Å²) in [5, 5.41) is 11.9. The van der Waals surface area contributed by atoms with Crippen LogP contribution in [-0.2, 0) is 23.9 Å². The smallest absolute Gasteiger partial charge is 0.381 e. The molecule has 170 valence electrons. The number of ether oxygens (including phenoxy) is 1. The first-order chi connectivity index (χ1) is 15.4. The second kappa shape index (κ2) is 8.65. The van der Waals surface area contributed by atoms with Crippen LogP contribution in [0.15, 0.2) is 30.5 Å². The fraction of sp³-hybridized carbons (Fsp3) is 0.478. The van der Waals surface area contributed by atoms with Gasteiger partial charge in [-0.1, -0.05) is 23.7 Å². The molecule has 9 heteroatoms. The van der Waals surface area contributed by atoms with Gasteiger partial charge in [-0.2, -0.15) is 13.2 Å². The lowest BCUT2D eigenvalue weighted by molar-refractivity contribution is -0.136. The molecular weight excluding hydrogens is 441 g/mol. The minimum absolute atomic E-state index is 0.0567. The molecule has 1 saturated heterocycles. The summed E-state index contributed by atoms with van der Waals surface area (Å²) in [5.41, 5.74) is 0.379. The van der Waals surface area contributed by atoms with E-state index >= 15 is 0 Å². The van der Waals surface area contributed by atoms with E-state index in [0.29, 0.717) is 41.3 Å². The first kappa shape index (κ1) is 21.7. The SMILES string of the molecule is FC(F)(F)c1c(-c2ccc(CNC3CCOCC3)c(Cl)c2)ccn2c(CC3CC3)nnc12. The summed E-state index contributed by atoms with van der Waals surface area (Å²) >= 11 is 6.47. The van der Waals surface area contributed by atoms with Crippen LogP contribution in [0.5, 0.6) is 0 Å². The monoisotopic (exact) mass is 464 g/mol. The van der Waals surface area contributed by atoms with Gasteiger partial charge in [-0.15, -0.1) is 10.2 Å². The normalized spacial score (nSPS) is 17.9. The van der Waals surface area contributed by atoms with Gasteiger partial charge < -0.3 is 10.1 Å². The minimum Gasteiger partial charge on any atom is -0.381 e. The highest BCUT2D eigenvalue weighted by molar-refractivity contribution is 6.31. The average molecular weight is 465 g/mol. The summed E-state index contributed by atoms with van der Waals surface area (Å²) < 4.78 is 49.2. The van der Waals surface area contributed by atoms with Crippen LogP contribution in [0.3, 0.4) is 0 Å². The molecule has 3 heterocycles. The summed E-state index contributed by atoms with van der Waals surface area (Å²) in [5.74, 6) is 1.07. The van der Waals surface area contributed by atoms with E-state index in [4.69, 9.17) is 16.3 Å². The third kappa shape index (κ3) is 4.49. The molecule has 5 nitrogen and oxygen atoms in total. The van der Waals surface area contributed by atoms with E-state index in [-0.39, 0.29) is 11.2 Å². The Bertz CT molecular complexity index is 1120. The number of nitrogens with one attached hydrogen (secondary N) is 1. The second-order valence-electron chi connectivity index (χ2n) is 8.63. The van der Waals surface area contributed by atoms with Gasteiger partial charge in [0.05, 0.1) is 0 Å². The van der Waals surface area contributed by atoms with Gasteiger partial charge in [-0.3, -0.25) is 4.40 Å². The maximum Gasteiger partial charge on any atom is 0.420 e. The van der Waals surface area contributed by atoms with Gasteiger partial charge in [0.15, 0.2) is 5.65 Å². The lowest BCUT2D eigenvalue weighted by Gasteiger charge is -2.23. The molecule has 0 bridgehead atoms. The third-order valence-corrected chi connectivity index (χ3v) is 6.62. The molecule has 1 N–H and O–H groups in total. The molecule has 32 heavy (non-hydrogen) atoms. The van der Waals surface area contributed by atoms with Crippen LogP contribution < -0.4 is 5.32 Å². The largest absolute Gasteiger partial charge is 0.420 e. The van der Waals surface area contributed by atoms with E-state index in [1.807, 2.05) is 0 Å².